The average Bonchev–Trinajstić information content (AvgIpc) is 3.27. The van der Waals surface area contributed by atoms with Gasteiger partial charge in [-0.05, 0) is 23.1 Å². The van der Waals surface area contributed by atoms with Crippen LogP contribution in [-0.2, 0) is 13.6 Å². The van der Waals surface area contributed by atoms with Crippen LogP contribution in [-0.4, -0.2) is 20.3 Å². The number of rotatable bonds is 4. The molecule has 0 aliphatic heterocycles. The zero-order valence-electron chi connectivity index (χ0n) is 13.1. The van der Waals surface area contributed by atoms with Gasteiger partial charge < -0.3 is 9.88 Å². The number of nitrogens with one attached hydrogen (secondary N) is 1. The van der Waals surface area contributed by atoms with Crippen molar-refractivity contribution in [1.82, 2.24) is 14.3 Å². The predicted molar refractivity (Wildman–Crippen MR) is 96.5 cm³/mol. The summed E-state index contributed by atoms with van der Waals surface area (Å²) in [6.45, 7) is 0.677. The van der Waals surface area contributed by atoms with Crippen molar-refractivity contribution in [2.45, 2.75) is 6.54 Å². The lowest BCUT2D eigenvalue weighted by molar-refractivity contribution is 0.102. The van der Waals surface area contributed by atoms with Gasteiger partial charge in [0, 0.05) is 13.2 Å². The number of nitrogens with zero attached hydrogens (tertiary/aromatic N) is 3. The first-order chi connectivity index (χ1) is 11.7. The molecule has 0 radical (unpaired) electrons. The Morgan fingerprint density at radius 2 is 2.08 bits per heavy atom. The van der Waals surface area contributed by atoms with Crippen molar-refractivity contribution in [1.29, 1.82) is 0 Å². The Morgan fingerprint density at radius 3 is 2.88 bits per heavy atom. The molecule has 1 N–H and O–H groups in total. The summed E-state index contributed by atoms with van der Waals surface area (Å²) < 4.78 is 4.84. The van der Waals surface area contributed by atoms with Crippen LogP contribution in [0.3, 0.4) is 0 Å². The smallest absolute Gasteiger partial charge is 0.272 e. The van der Waals surface area contributed by atoms with E-state index in [0.717, 1.165) is 10.2 Å². The number of thiophene rings is 1. The molecule has 6 heteroatoms. The summed E-state index contributed by atoms with van der Waals surface area (Å²) in [6, 6.07) is 14.0. The van der Waals surface area contributed by atoms with Gasteiger partial charge in [-0.1, -0.05) is 30.3 Å². The second-order valence-corrected chi connectivity index (χ2v) is 6.57. The van der Waals surface area contributed by atoms with Gasteiger partial charge in [-0.25, -0.2) is 0 Å². The summed E-state index contributed by atoms with van der Waals surface area (Å²) in [6.07, 6.45) is 3.52. The van der Waals surface area contributed by atoms with Crippen LogP contribution in [0.2, 0.25) is 0 Å². The molecule has 0 saturated carbocycles. The fourth-order valence-electron chi connectivity index (χ4n) is 2.75. The summed E-state index contributed by atoms with van der Waals surface area (Å²) in [5.74, 6) is -0.125. The molecule has 0 unspecified atom stereocenters. The van der Waals surface area contributed by atoms with E-state index in [2.05, 4.69) is 22.5 Å². The number of hydrogen-bond donors (Lipinski definition) is 1. The van der Waals surface area contributed by atoms with E-state index in [-0.39, 0.29) is 5.91 Å². The van der Waals surface area contributed by atoms with Crippen molar-refractivity contribution in [3.8, 4) is 0 Å². The summed E-state index contributed by atoms with van der Waals surface area (Å²) in [4.78, 5) is 12.5. The number of fused-ring (bicyclic) bond motifs is 1. The Balaban J connectivity index is 1.50. The van der Waals surface area contributed by atoms with E-state index in [4.69, 9.17) is 0 Å². The van der Waals surface area contributed by atoms with Crippen molar-refractivity contribution in [2.75, 3.05) is 5.32 Å². The molecular formula is C18H16N4OS. The number of aryl methyl sites for hydroxylation is 1. The monoisotopic (exact) mass is 336 g/mol. The topological polar surface area (TPSA) is 51.9 Å². The molecule has 0 atom stereocenters. The molecule has 0 saturated heterocycles. The van der Waals surface area contributed by atoms with Gasteiger partial charge >= 0.3 is 0 Å². The van der Waals surface area contributed by atoms with Crippen LogP contribution in [0.4, 0.5) is 5.69 Å². The van der Waals surface area contributed by atoms with Crippen LogP contribution in [0.15, 0.2) is 60.2 Å². The second kappa shape index (κ2) is 5.98. The van der Waals surface area contributed by atoms with E-state index < -0.39 is 0 Å². The van der Waals surface area contributed by atoms with Crippen molar-refractivity contribution in [3.05, 3.63) is 71.5 Å². The largest absolute Gasteiger partial charge is 0.339 e. The lowest BCUT2D eigenvalue weighted by Gasteiger charge is -2.04. The Morgan fingerprint density at radius 1 is 1.25 bits per heavy atom. The quantitative estimate of drug-likeness (QED) is 0.617. The van der Waals surface area contributed by atoms with Gasteiger partial charge in [-0.2, -0.15) is 5.10 Å². The van der Waals surface area contributed by atoms with Crippen LogP contribution in [0.5, 0.6) is 0 Å². The van der Waals surface area contributed by atoms with Crippen LogP contribution in [0.1, 0.15) is 16.1 Å². The highest BCUT2D eigenvalue weighted by molar-refractivity contribution is 7.17. The van der Waals surface area contributed by atoms with Gasteiger partial charge in [-0.15, -0.1) is 11.3 Å². The van der Waals surface area contributed by atoms with Crippen molar-refractivity contribution < 1.29 is 4.79 Å². The van der Waals surface area contributed by atoms with Gasteiger partial charge in [0.25, 0.3) is 5.91 Å². The highest BCUT2D eigenvalue weighted by atomic mass is 32.1. The predicted octanol–water partition coefficient (Wildman–Crippen LogP) is 3.74. The zero-order chi connectivity index (χ0) is 16.5. The number of carbonyl (C=O) groups is 1. The minimum Gasteiger partial charge on any atom is -0.339 e. The van der Waals surface area contributed by atoms with E-state index in [0.29, 0.717) is 17.9 Å². The minimum absolute atomic E-state index is 0.125. The first kappa shape index (κ1) is 14.7. The van der Waals surface area contributed by atoms with Gasteiger partial charge in [0.2, 0.25) is 0 Å². The minimum atomic E-state index is -0.125. The molecule has 4 rings (SSSR count). The summed E-state index contributed by atoms with van der Waals surface area (Å²) >= 11 is 1.63. The lowest BCUT2D eigenvalue weighted by atomic mass is 10.2. The van der Waals surface area contributed by atoms with Gasteiger partial charge in [0.1, 0.15) is 5.69 Å². The standard InChI is InChI=1S/C18H16N4OS/c1-21-15-7-8-24-17(15)9-16(21)18(23)20-14-10-19-22(12-14)11-13-5-3-2-4-6-13/h2-10,12H,11H2,1H3,(H,20,23). The van der Waals surface area contributed by atoms with E-state index in [1.54, 1.807) is 17.5 Å². The number of hydrogen-bond acceptors (Lipinski definition) is 3. The number of anilines is 1. The van der Waals surface area contributed by atoms with Crippen molar-refractivity contribution in [3.63, 3.8) is 0 Å². The van der Waals surface area contributed by atoms with Crippen molar-refractivity contribution in [2.24, 2.45) is 7.05 Å². The fraction of sp³-hybridized carbons (Fsp3) is 0.111. The number of amides is 1. The maximum Gasteiger partial charge on any atom is 0.272 e. The molecule has 0 spiro atoms. The first-order valence-corrected chi connectivity index (χ1v) is 8.49. The lowest BCUT2D eigenvalue weighted by Crippen LogP contribution is -2.15. The summed E-state index contributed by atoms with van der Waals surface area (Å²) in [7, 11) is 1.91. The second-order valence-electron chi connectivity index (χ2n) is 5.62. The molecule has 3 aromatic heterocycles. The van der Waals surface area contributed by atoms with Crippen LogP contribution in [0, 0.1) is 0 Å². The third-order valence-corrected chi connectivity index (χ3v) is 4.83. The molecule has 4 aromatic rings. The maximum absolute atomic E-state index is 12.5. The van der Waals surface area contributed by atoms with E-state index in [1.807, 2.05) is 58.2 Å². The van der Waals surface area contributed by atoms with E-state index >= 15 is 0 Å². The Labute approximate surface area is 143 Å². The van der Waals surface area contributed by atoms with Crippen LogP contribution >= 0.6 is 11.3 Å². The molecule has 1 aromatic carbocycles. The van der Waals surface area contributed by atoms with Gasteiger partial charge in [0.15, 0.2) is 0 Å². The average molecular weight is 336 g/mol. The molecule has 0 bridgehead atoms. The molecule has 120 valence electrons. The SMILES string of the molecule is Cn1c(C(=O)Nc2cnn(Cc3ccccc3)c2)cc2sccc21. The van der Waals surface area contributed by atoms with Crippen LogP contribution < -0.4 is 5.32 Å². The third kappa shape index (κ3) is 2.72. The molecule has 1 amide bonds. The van der Waals surface area contributed by atoms with Crippen LogP contribution in [0.25, 0.3) is 10.2 Å². The highest BCUT2D eigenvalue weighted by Crippen LogP contribution is 2.24. The Hall–Kier alpha value is -2.86. The molecule has 24 heavy (non-hydrogen) atoms. The normalized spacial score (nSPS) is 11.0. The van der Waals surface area contributed by atoms with Gasteiger partial charge in [-0.3, -0.25) is 9.48 Å². The van der Waals surface area contributed by atoms with E-state index in [9.17, 15) is 4.79 Å². The molecule has 0 aliphatic rings. The highest BCUT2D eigenvalue weighted by Gasteiger charge is 2.14. The molecule has 0 fully saturated rings. The Bertz CT molecular complexity index is 997. The molecule has 0 aliphatic carbocycles. The number of carbonyl (C=O) groups excluding carboxylic acids is 1. The fourth-order valence-corrected chi connectivity index (χ4v) is 3.60. The first-order valence-electron chi connectivity index (χ1n) is 7.61. The summed E-state index contributed by atoms with van der Waals surface area (Å²) in [5.41, 5.74) is 3.58. The van der Waals surface area contributed by atoms with Gasteiger partial charge in [0.05, 0.1) is 28.6 Å². The number of aromatic nitrogens is 3. The Kier molecular flexibility index (Phi) is 3.66. The maximum atomic E-state index is 12.5. The molecule has 5 nitrogen and oxygen atoms in total. The van der Waals surface area contributed by atoms with Crippen molar-refractivity contribution >= 4 is 33.1 Å². The summed E-state index contributed by atoms with van der Waals surface area (Å²) in [5, 5.41) is 9.26. The molecule has 3 heterocycles. The molecular weight excluding hydrogens is 320 g/mol. The zero-order valence-corrected chi connectivity index (χ0v) is 14.0. The third-order valence-electron chi connectivity index (χ3n) is 3.98. The number of benzene rings is 1. The van der Waals surface area contributed by atoms with E-state index in [1.165, 1.54) is 5.56 Å².